The molecule has 0 bridgehead atoms. The van der Waals surface area contributed by atoms with Crippen LogP contribution in [0.1, 0.15) is 54.7 Å². The molecule has 1 aromatic carbocycles. The average Bonchev–Trinajstić information content (AvgIpc) is 3.00. The van der Waals surface area contributed by atoms with Gasteiger partial charge in [0.1, 0.15) is 5.82 Å². The molecule has 0 radical (unpaired) electrons. The molecule has 21 heavy (non-hydrogen) atoms. The van der Waals surface area contributed by atoms with Gasteiger partial charge in [-0.25, -0.2) is 4.39 Å². The largest absolute Gasteiger partial charge is 0.262 e. The number of pyridine rings is 1. The standard InChI is InChI=1S/C19H22FN/c1-14-6-8-16(9-7-14)18(12-15-4-2-3-5-15)17-10-11-21-13-19(17)20/h6-11,13,15,18H,2-5,12H2,1H3. The second kappa shape index (κ2) is 6.38. The number of benzene rings is 1. The zero-order chi connectivity index (χ0) is 14.7. The maximum atomic E-state index is 14.2. The summed E-state index contributed by atoms with van der Waals surface area (Å²) in [6.45, 7) is 2.09. The predicted molar refractivity (Wildman–Crippen MR) is 83.8 cm³/mol. The molecule has 110 valence electrons. The molecule has 3 rings (SSSR count). The molecule has 1 heterocycles. The van der Waals surface area contributed by atoms with E-state index in [2.05, 4.69) is 36.2 Å². The Kier molecular flexibility index (Phi) is 4.33. The summed E-state index contributed by atoms with van der Waals surface area (Å²) in [7, 11) is 0. The highest BCUT2D eigenvalue weighted by molar-refractivity contribution is 5.33. The summed E-state index contributed by atoms with van der Waals surface area (Å²) in [5, 5.41) is 0. The lowest BCUT2D eigenvalue weighted by Gasteiger charge is -2.22. The fraction of sp³-hybridized carbons (Fsp3) is 0.421. The van der Waals surface area contributed by atoms with Crippen molar-refractivity contribution in [3.05, 3.63) is 65.2 Å². The van der Waals surface area contributed by atoms with Crippen LogP contribution in [-0.4, -0.2) is 4.98 Å². The summed E-state index contributed by atoms with van der Waals surface area (Å²) >= 11 is 0. The Hall–Kier alpha value is -1.70. The number of nitrogens with zero attached hydrogens (tertiary/aromatic N) is 1. The van der Waals surface area contributed by atoms with E-state index in [9.17, 15) is 4.39 Å². The van der Waals surface area contributed by atoms with Gasteiger partial charge in [-0.15, -0.1) is 0 Å². The number of halogens is 1. The van der Waals surface area contributed by atoms with E-state index in [0.29, 0.717) is 0 Å². The Labute approximate surface area is 126 Å². The molecule has 1 aliphatic rings. The van der Waals surface area contributed by atoms with Crippen LogP contribution in [-0.2, 0) is 0 Å². The summed E-state index contributed by atoms with van der Waals surface area (Å²) in [6, 6.07) is 10.4. The smallest absolute Gasteiger partial charge is 0.145 e. The Morgan fingerprint density at radius 1 is 1.14 bits per heavy atom. The number of hydrogen-bond donors (Lipinski definition) is 0. The van der Waals surface area contributed by atoms with E-state index in [1.54, 1.807) is 6.20 Å². The van der Waals surface area contributed by atoms with Crippen LogP contribution in [0.5, 0.6) is 0 Å². The number of hydrogen-bond acceptors (Lipinski definition) is 1. The van der Waals surface area contributed by atoms with Crippen LogP contribution in [0.3, 0.4) is 0 Å². The van der Waals surface area contributed by atoms with E-state index in [0.717, 1.165) is 17.9 Å². The van der Waals surface area contributed by atoms with Crippen LogP contribution in [0.25, 0.3) is 0 Å². The molecule has 1 nitrogen and oxygen atoms in total. The van der Waals surface area contributed by atoms with E-state index in [-0.39, 0.29) is 11.7 Å². The summed E-state index contributed by atoms with van der Waals surface area (Å²) in [6.07, 6.45) is 9.31. The molecule has 0 N–H and O–H groups in total. The molecule has 1 aromatic heterocycles. The van der Waals surface area contributed by atoms with E-state index >= 15 is 0 Å². The Morgan fingerprint density at radius 3 is 2.52 bits per heavy atom. The maximum Gasteiger partial charge on any atom is 0.145 e. The summed E-state index contributed by atoms with van der Waals surface area (Å²) in [4.78, 5) is 3.89. The molecule has 0 saturated heterocycles. The van der Waals surface area contributed by atoms with Crippen LogP contribution in [0.4, 0.5) is 4.39 Å². The fourth-order valence-electron chi connectivity index (χ4n) is 3.49. The highest BCUT2D eigenvalue weighted by atomic mass is 19.1. The Bertz CT molecular complexity index is 585. The Morgan fingerprint density at radius 2 is 1.86 bits per heavy atom. The van der Waals surface area contributed by atoms with Crippen molar-refractivity contribution in [3.63, 3.8) is 0 Å². The molecule has 1 aliphatic carbocycles. The number of rotatable bonds is 4. The van der Waals surface area contributed by atoms with Crippen LogP contribution >= 0.6 is 0 Å². The van der Waals surface area contributed by atoms with Gasteiger partial charge in [0.25, 0.3) is 0 Å². The van der Waals surface area contributed by atoms with E-state index in [4.69, 9.17) is 0 Å². The van der Waals surface area contributed by atoms with Crippen molar-refractivity contribution in [2.75, 3.05) is 0 Å². The van der Waals surface area contributed by atoms with Crippen LogP contribution < -0.4 is 0 Å². The second-order valence-electron chi connectivity index (χ2n) is 6.25. The zero-order valence-electron chi connectivity index (χ0n) is 12.6. The van der Waals surface area contributed by atoms with Crippen molar-refractivity contribution >= 4 is 0 Å². The van der Waals surface area contributed by atoms with Gasteiger partial charge in [0, 0.05) is 12.1 Å². The topological polar surface area (TPSA) is 12.9 Å². The number of aryl methyl sites for hydroxylation is 1. The van der Waals surface area contributed by atoms with Crippen molar-refractivity contribution < 1.29 is 4.39 Å². The summed E-state index contributed by atoms with van der Waals surface area (Å²) in [5.41, 5.74) is 3.26. The molecule has 2 aromatic rings. The monoisotopic (exact) mass is 283 g/mol. The minimum Gasteiger partial charge on any atom is -0.262 e. The van der Waals surface area contributed by atoms with Gasteiger partial charge in [0.2, 0.25) is 0 Å². The molecule has 0 spiro atoms. The second-order valence-corrected chi connectivity index (χ2v) is 6.25. The van der Waals surface area contributed by atoms with E-state index in [1.165, 1.54) is 43.0 Å². The van der Waals surface area contributed by atoms with Gasteiger partial charge in [0.15, 0.2) is 0 Å². The predicted octanol–water partition coefficient (Wildman–Crippen LogP) is 5.24. The summed E-state index contributed by atoms with van der Waals surface area (Å²) < 4.78 is 14.2. The lowest BCUT2D eigenvalue weighted by molar-refractivity contribution is 0.462. The third-order valence-corrected chi connectivity index (χ3v) is 4.70. The molecule has 0 amide bonds. The Balaban J connectivity index is 1.93. The van der Waals surface area contributed by atoms with Gasteiger partial charge in [0.05, 0.1) is 6.20 Å². The minimum absolute atomic E-state index is 0.150. The van der Waals surface area contributed by atoms with Crippen molar-refractivity contribution in [3.8, 4) is 0 Å². The first kappa shape index (κ1) is 14.2. The van der Waals surface area contributed by atoms with Crippen molar-refractivity contribution in [2.45, 2.75) is 44.9 Å². The molecule has 1 saturated carbocycles. The van der Waals surface area contributed by atoms with Gasteiger partial charge >= 0.3 is 0 Å². The minimum atomic E-state index is -0.180. The van der Waals surface area contributed by atoms with Crippen molar-refractivity contribution in [2.24, 2.45) is 5.92 Å². The molecule has 1 atom stereocenters. The zero-order valence-corrected chi connectivity index (χ0v) is 12.6. The van der Waals surface area contributed by atoms with E-state index < -0.39 is 0 Å². The highest BCUT2D eigenvalue weighted by Crippen LogP contribution is 2.38. The summed E-state index contributed by atoms with van der Waals surface area (Å²) in [5.74, 6) is 0.696. The molecule has 0 aliphatic heterocycles. The van der Waals surface area contributed by atoms with Crippen molar-refractivity contribution in [1.82, 2.24) is 4.98 Å². The van der Waals surface area contributed by atoms with Crippen LogP contribution in [0, 0.1) is 18.7 Å². The highest BCUT2D eigenvalue weighted by Gasteiger charge is 2.24. The lowest BCUT2D eigenvalue weighted by Crippen LogP contribution is -2.09. The van der Waals surface area contributed by atoms with E-state index in [1.807, 2.05) is 6.07 Å². The SMILES string of the molecule is Cc1ccc(C(CC2CCCC2)c2ccncc2F)cc1. The number of aromatic nitrogens is 1. The van der Waals surface area contributed by atoms with Gasteiger partial charge in [-0.2, -0.15) is 0 Å². The first-order chi connectivity index (χ1) is 10.2. The molecule has 1 fully saturated rings. The lowest BCUT2D eigenvalue weighted by atomic mass is 9.83. The maximum absolute atomic E-state index is 14.2. The third-order valence-electron chi connectivity index (χ3n) is 4.70. The molecular weight excluding hydrogens is 261 g/mol. The quantitative estimate of drug-likeness (QED) is 0.747. The average molecular weight is 283 g/mol. The van der Waals surface area contributed by atoms with Gasteiger partial charge < -0.3 is 0 Å². The molecule has 1 unspecified atom stereocenters. The third kappa shape index (κ3) is 3.31. The normalized spacial score (nSPS) is 17.0. The van der Waals surface area contributed by atoms with Crippen molar-refractivity contribution in [1.29, 1.82) is 0 Å². The van der Waals surface area contributed by atoms with Crippen LogP contribution in [0.15, 0.2) is 42.7 Å². The first-order valence-electron chi connectivity index (χ1n) is 7.90. The fourth-order valence-corrected chi connectivity index (χ4v) is 3.49. The van der Waals surface area contributed by atoms with Gasteiger partial charge in [-0.1, -0.05) is 55.5 Å². The van der Waals surface area contributed by atoms with Gasteiger partial charge in [-0.05, 0) is 36.5 Å². The molecular formula is C19H22FN. The van der Waals surface area contributed by atoms with Gasteiger partial charge in [-0.3, -0.25) is 4.98 Å². The first-order valence-corrected chi connectivity index (χ1v) is 7.90. The van der Waals surface area contributed by atoms with Crippen LogP contribution in [0.2, 0.25) is 0 Å². The molecule has 2 heteroatoms.